The quantitative estimate of drug-likeness (QED) is 0.312. The SMILES string of the molecule is C=CC(=O)OCCc1ccc(O)c(-n2nc3ccc([N+](=O)[O-])cc3n2)c1. The van der Waals surface area contributed by atoms with Crippen molar-refractivity contribution in [3.63, 3.8) is 0 Å². The van der Waals surface area contributed by atoms with E-state index in [-0.39, 0.29) is 18.0 Å². The molecule has 9 nitrogen and oxygen atoms in total. The molecule has 0 bridgehead atoms. The van der Waals surface area contributed by atoms with Gasteiger partial charge in [0, 0.05) is 24.6 Å². The van der Waals surface area contributed by atoms with Crippen LogP contribution in [-0.2, 0) is 16.0 Å². The molecule has 0 saturated heterocycles. The smallest absolute Gasteiger partial charge is 0.330 e. The number of carbonyl (C=O) groups excluding carboxylic acids is 1. The van der Waals surface area contributed by atoms with Crippen molar-refractivity contribution in [2.75, 3.05) is 6.61 Å². The average molecular weight is 354 g/mol. The number of esters is 1. The highest BCUT2D eigenvalue weighted by molar-refractivity contribution is 5.81. The summed E-state index contributed by atoms with van der Waals surface area (Å²) in [6, 6.07) is 8.97. The predicted octanol–water partition coefficient (Wildman–Crippen LogP) is 2.31. The number of hydrogen-bond acceptors (Lipinski definition) is 7. The van der Waals surface area contributed by atoms with E-state index in [1.165, 1.54) is 29.1 Å². The number of phenolic OH excluding ortho intramolecular Hbond substituents is 1. The molecule has 132 valence electrons. The highest BCUT2D eigenvalue weighted by Crippen LogP contribution is 2.24. The van der Waals surface area contributed by atoms with Crippen molar-refractivity contribution in [3.05, 3.63) is 64.7 Å². The van der Waals surface area contributed by atoms with Crippen molar-refractivity contribution < 1.29 is 19.6 Å². The Bertz CT molecular complexity index is 1010. The van der Waals surface area contributed by atoms with Gasteiger partial charge < -0.3 is 9.84 Å². The minimum Gasteiger partial charge on any atom is -0.506 e. The molecule has 0 aliphatic carbocycles. The molecular weight excluding hydrogens is 340 g/mol. The molecule has 1 aromatic heterocycles. The fourth-order valence-electron chi connectivity index (χ4n) is 2.34. The largest absolute Gasteiger partial charge is 0.506 e. The summed E-state index contributed by atoms with van der Waals surface area (Å²) in [4.78, 5) is 22.6. The number of aromatic hydroxyl groups is 1. The Hall–Kier alpha value is -3.75. The van der Waals surface area contributed by atoms with Crippen LogP contribution in [0, 0.1) is 10.1 Å². The summed E-state index contributed by atoms with van der Waals surface area (Å²) < 4.78 is 4.93. The van der Waals surface area contributed by atoms with E-state index in [1.54, 1.807) is 12.1 Å². The van der Waals surface area contributed by atoms with Crippen LogP contribution in [0.5, 0.6) is 5.75 Å². The zero-order valence-electron chi connectivity index (χ0n) is 13.5. The number of phenols is 1. The third-order valence-corrected chi connectivity index (χ3v) is 3.63. The third-order valence-electron chi connectivity index (χ3n) is 3.63. The van der Waals surface area contributed by atoms with Crippen LogP contribution in [0.15, 0.2) is 49.1 Å². The maximum absolute atomic E-state index is 11.1. The first-order chi connectivity index (χ1) is 12.5. The van der Waals surface area contributed by atoms with E-state index in [4.69, 9.17) is 4.74 Å². The van der Waals surface area contributed by atoms with Gasteiger partial charge in [-0.2, -0.15) is 0 Å². The standard InChI is InChI=1S/C17H14N4O5/c1-2-17(23)26-8-7-11-3-6-16(22)15(9-11)20-18-13-5-4-12(21(24)25)10-14(13)19-20/h2-6,9-10,22H,1,7-8H2. The van der Waals surface area contributed by atoms with Crippen molar-refractivity contribution in [2.24, 2.45) is 0 Å². The molecular formula is C17H14N4O5. The van der Waals surface area contributed by atoms with Gasteiger partial charge >= 0.3 is 5.97 Å². The molecule has 3 aromatic rings. The van der Waals surface area contributed by atoms with Crippen LogP contribution < -0.4 is 0 Å². The molecule has 0 atom stereocenters. The Kier molecular flexibility index (Phi) is 4.61. The zero-order chi connectivity index (χ0) is 18.7. The monoisotopic (exact) mass is 354 g/mol. The lowest BCUT2D eigenvalue weighted by Crippen LogP contribution is -2.05. The molecule has 9 heteroatoms. The molecule has 3 rings (SSSR count). The van der Waals surface area contributed by atoms with Crippen molar-refractivity contribution >= 4 is 22.7 Å². The van der Waals surface area contributed by atoms with E-state index < -0.39 is 10.9 Å². The molecule has 1 heterocycles. The summed E-state index contributed by atoms with van der Waals surface area (Å²) in [5.74, 6) is -0.558. The van der Waals surface area contributed by atoms with Crippen LogP contribution in [0.3, 0.4) is 0 Å². The van der Waals surface area contributed by atoms with Crippen LogP contribution in [-0.4, -0.2) is 37.6 Å². The molecule has 0 aliphatic rings. The van der Waals surface area contributed by atoms with Crippen LogP contribution in [0.1, 0.15) is 5.56 Å². The van der Waals surface area contributed by atoms with E-state index >= 15 is 0 Å². The van der Waals surface area contributed by atoms with Crippen molar-refractivity contribution in [2.45, 2.75) is 6.42 Å². The molecule has 0 spiro atoms. The van der Waals surface area contributed by atoms with Gasteiger partial charge in [0.05, 0.1) is 11.5 Å². The van der Waals surface area contributed by atoms with Gasteiger partial charge in [0.15, 0.2) is 0 Å². The number of non-ortho nitro benzene ring substituents is 1. The van der Waals surface area contributed by atoms with Crippen LogP contribution >= 0.6 is 0 Å². The number of carbonyl (C=O) groups is 1. The second-order valence-corrected chi connectivity index (χ2v) is 5.36. The number of fused-ring (bicyclic) bond motifs is 1. The molecule has 0 radical (unpaired) electrons. The summed E-state index contributed by atoms with van der Waals surface area (Å²) >= 11 is 0. The molecule has 0 fully saturated rings. The fraction of sp³-hybridized carbons (Fsp3) is 0.118. The van der Waals surface area contributed by atoms with E-state index in [9.17, 15) is 20.0 Å². The lowest BCUT2D eigenvalue weighted by atomic mass is 10.1. The lowest BCUT2D eigenvalue weighted by molar-refractivity contribution is -0.384. The molecule has 0 saturated carbocycles. The molecule has 0 unspecified atom stereocenters. The predicted molar refractivity (Wildman–Crippen MR) is 92.0 cm³/mol. The van der Waals surface area contributed by atoms with Gasteiger partial charge in [-0.05, 0) is 23.8 Å². The number of nitro groups is 1. The normalized spacial score (nSPS) is 10.6. The van der Waals surface area contributed by atoms with Crippen LogP contribution in [0.25, 0.3) is 16.7 Å². The number of aromatic nitrogens is 3. The fourth-order valence-corrected chi connectivity index (χ4v) is 2.34. The Morgan fingerprint density at radius 3 is 2.77 bits per heavy atom. The maximum Gasteiger partial charge on any atom is 0.330 e. The zero-order valence-corrected chi connectivity index (χ0v) is 13.5. The number of hydrogen-bond donors (Lipinski definition) is 1. The summed E-state index contributed by atoms with van der Waals surface area (Å²) in [6.45, 7) is 3.48. The topological polar surface area (TPSA) is 120 Å². The van der Waals surface area contributed by atoms with Crippen LogP contribution in [0.2, 0.25) is 0 Å². The second-order valence-electron chi connectivity index (χ2n) is 5.36. The highest BCUT2D eigenvalue weighted by Gasteiger charge is 2.13. The van der Waals surface area contributed by atoms with E-state index in [0.717, 1.165) is 11.6 Å². The van der Waals surface area contributed by atoms with E-state index in [1.807, 2.05) is 0 Å². The Labute approximate surface area is 147 Å². The first kappa shape index (κ1) is 17.1. The van der Waals surface area contributed by atoms with Crippen molar-refractivity contribution in [1.82, 2.24) is 15.0 Å². The van der Waals surface area contributed by atoms with Crippen LogP contribution in [0.4, 0.5) is 5.69 Å². The molecule has 1 N–H and O–H groups in total. The number of nitro benzene ring substituents is 1. The minimum atomic E-state index is -0.513. The Morgan fingerprint density at radius 1 is 1.27 bits per heavy atom. The summed E-state index contributed by atoms with van der Waals surface area (Å²) in [7, 11) is 0. The third kappa shape index (κ3) is 3.51. The van der Waals surface area contributed by atoms with Gasteiger partial charge in [-0.1, -0.05) is 12.6 Å². The minimum absolute atomic E-state index is 0.0494. The van der Waals surface area contributed by atoms with Gasteiger partial charge in [0.25, 0.3) is 5.69 Å². The van der Waals surface area contributed by atoms with Crippen molar-refractivity contribution in [1.29, 1.82) is 0 Å². The number of ether oxygens (including phenoxy) is 1. The first-order valence-corrected chi connectivity index (χ1v) is 7.61. The van der Waals surface area contributed by atoms with Gasteiger partial charge in [-0.3, -0.25) is 10.1 Å². The Morgan fingerprint density at radius 2 is 2.04 bits per heavy atom. The van der Waals surface area contributed by atoms with Gasteiger partial charge in [-0.25, -0.2) is 4.79 Å². The molecule has 0 amide bonds. The Balaban J connectivity index is 1.89. The molecule has 0 aliphatic heterocycles. The molecule has 2 aromatic carbocycles. The number of nitrogens with zero attached hydrogens (tertiary/aromatic N) is 4. The van der Waals surface area contributed by atoms with E-state index in [2.05, 4.69) is 16.8 Å². The highest BCUT2D eigenvalue weighted by atomic mass is 16.6. The second kappa shape index (κ2) is 7.01. The van der Waals surface area contributed by atoms with E-state index in [0.29, 0.717) is 23.1 Å². The lowest BCUT2D eigenvalue weighted by Gasteiger charge is -2.07. The number of rotatable bonds is 6. The summed E-state index contributed by atoms with van der Waals surface area (Å²) in [5, 5.41) is 29.4. The van der Waals surface area contributed by atoms with Gasteiger partial charge in [0.1, 0.15) is 22.5 Å². The maximum atomic E-state index is 11.1. The first-order valence-electron chi connectivity index (χ1n) is 7.61. The average Bonchev–Trinajstić information content (AvgIpc) is 3.05. The number of benzene rings is 2. The summed E-state index contributed by atoms with van der Waals surface area (Å²) in [6.07, 6.45) is 1.51. The summed E-state index contributed by atoms with van der Waals surface area (Å²) in [5.41, 5.74) is 1.81. The van der Waals surface area contributed by atoms with Gasteiger partial charge in [-0.15, -0.1) is 15.0 Å². The molecule has 26 heavy (non-hydrogen) atoms. The van der Waals surface area contributed by atoms with Crippen molar-refractivity contribution in [3.8, 4) is 11.4 Å². The van der Waals surface area contributed by atoms with Gasteiger partial charge in [0.2, 0.25) is 0 Å².